The lowest BCUT2D eigenvalue weighted by Crippen LogP contribution is -2.03. The van der Waals surface area contributed by atoms with Gasteiger partial charge in [0.05, 0.1) is 16.7 Å². The first-order valence-corrected chi connectivity index (χ1v) is 3.52. The molecule has 0 aromatic carbocycles. The topological polar surface area (TPSA) is 56.0 Å². The molecule has 1 heterocycles. The van der Waals surface area contributed by atoms with E-state index >= 15 is 0 Å². The molecule has 0 radical (unpaired) electrons. The zero-order valence-corrected chi connectivity index (χ0v) is 7.00. The molecule has 7 heteroatoms. The Labute approximate surface area is 76.5 Å². The molecule has 1 aromatic rings. The number of halogens is 3. The van der Waals surface area contributed by atoms with Crippen molar-refractivity contribution in [2.45, 2.75) is 13.3 Å². The van der Waals surface area contributed by atoms with Gasteiger partial charge in [-0.25, -0.2) is 18.2 Å². The van der Waals surface area contributed by atoms with Gasteiger partial charge in [-0.15, -0.1) is 0 Å². The molecule has 0 bridgehead atoms. The average Bonchev–Trinajstić information content (AvgIpc) is 2.08. The van der Waals surface area contributed by atoms with Crippen LogP contribution < -0.4 is 0 Å². The quantitative estimate of drug-likeness (QED) is 0.551. The Morgan fingerprint density at radius 1 is 1.57 bits per heavy atom. The van der Waals surface area contributed by atoms with Crippen LogP contribution in [0.25, 0.3) is 0 Å². The molecule has 1 aromatic heterocycles. The Morgan fingerprint density at radius 3 is 2.57 bits per heavy atom. The van der Waals surface area contributed by atoms with Gasteiger partial charge in [-0.3, -0.25) is 10.1 Å². The van der Waals surface area contributed by atoms with E-state index in [9.17, 15) is 23.3 Å². The predicted molar refractivity (Wildman–Crippen MR) is 40.5 cm³/mol. The van der Waals surface area contributed by atoms with Crippen LogP contribution in [0.15, 0.2) is 6.20 Å². The highest BCUT2D eigenvalue weighted by molar-refractivity contribution is 5.44. The van der Waals surface area contributed by atoms with Crippen molar-refractivity contribution in [1.82, 2.24) is 4.98 Å². The third-order valence-electron chi connectivity index (χ3n) is 1.66. The summed E-state index contributed by atoms with van der Waals surface area (Å²) in [5, 5.41) is 10.4. The van der Waals surface area contributed by atoms with Gasteiger partial charge < -0.3 is 0 Å². The predicted octanol–water partition coefficient (Wildman–Crippen LogP) is 2.37. The second-order valence-corrected chi connectivity index (χ2v) is 2.52. The number of hydrogen-bond acceptors (Lipinski definition) is 3. The normalized spacial score (nSPS) is 10.6. The Kier molecular flexibility index (Phi) is 2.68. The molecule has 0 atom stereocenters. The number of pyridine rings is 1. The monoisotopic (exact) mass is 206 g/mol. The summed E-state index contributed by atoms with van der Waals surface area (Å²) in [5.41, 5.74) is -2.39. The first-order chi connectivity index (χ1) is 6.45. The molecular formula is C7H5F3N2O2. The van der Waals surface area contributed by atoms with Crippen LogP contribution in [0.2, 0.25) is 0 Å². The van der Waals surface area contributed by atoms with Crippen LogP contribution in [-0.2, 0) is 0 Å². The van der Waals surface area contributed by atoms with E-state index in [0.717, 1.165) is 6.92 Å². The molecule has 14 heavy (non-hydrogen) atoms. The summed E-state index contributed by atoms with van der Waals surface area (Å²) in [5.74, 6) is -0.971. The maximum absolute atomic E-state index is 12.8. The van der Waals surface area contributed by atoms with Gasteiger partial charge in [0.1, 0.15) is 0 Å². The van der Waals surface area contributed by atoms with Crippen molar-refractivity contribution in [3.8, 4) is 0 Å². The smallest absolute Gasteiger partial charge is 0.258 e. The highest BCUT2D eigenvalue weighted by Crippen LogP contribution is 2.30. The minimum absolute atomic E-state index is 0.430. The molecule has 1 rings (SSSR count). The second-order valence-electron chi connectivity index (χ2n) is 2.52. The van der Waals surface area contributed by atoms with E-state index in [2.05, 4.69) is 4.98 Å². The molecule has 0 saturated heterocycles. The van der Waals surface area contributed by atoms with Crippen molar-refractivity contribution in [2.24, 2.45) is 0 Å². The molecule has 0 fully saturated rings. The van der Waals surface area contributed by atoms with Gasteiger partial charge in [0.15, 0.2) is 11.5 Å². The van der Waals surface area contributed by atoms with E-state index in [1.807, 2.05) is 0 Å². The fraction of sp³-hybridized carbons (Fsp3) is 0.286. The largest absolute Gasteiger partial charge is 0.302 e. The maximum Gasteiger partial charge on any atom is 0.302 e. The van der Waals surface area contributed by atoms with Gasteiger partial charge in [-0.05, 0) is 6.92 Å². The van der Waals surface area contributed by atoms with E-state index < -0.39 is 34.1 Å². The lowest BCUT2D eigenvalue weighted by Gasteiger charge is -2.03. The minimum atomic E-state index is -3.09. The lowest BCUT2D eigenvalue weighted by atomic mass is 10.2. The van der Waals surface area contributed by atoms with Crippen LogP contribution in [0, 0.1) is 22.9 Å². The number of alkyl halides is 2. The van der Waals surface area contributed by atoms with Crippen LogP contribution in [0.1, 0.15) is 17.7 Å². The van der Waals surface area contributed by atoms with Crippen molar-refractivity contribution in [3.63, 3.8) is 0 Å². The summed E-state index contributed by atoms with van der Waals surface area (Å²) < 4.78 is 37.2. The summed E-state index contributed by atoms with van der Waals surface area (Å²) in [6, 6.07) is 0. The summed E-state index contributed by atoms with van der Waals surface area (Å²) in [4.78, 5) is 12.3. The van der Waals surface area contributed by atoms with Gasteiger partial charge in [-0.1, -0.05) is 0 Å². The van der Waals surface area contributed by atoms with E-state index in [1.165, 1.54) is 0 Å². The summed E-state index contributed by atoms with van der Waals surface area (Å²) in [6.45, 7) is 1.06. The van der Waals surface area contributed by atoms with Crippen LogP contribution in [0.4, 0.5) is 18.9 Å². The number of rotatable bonds is 2. The minimum Gasteiger partial charge on any atom is -0.258 e. The zero-order valence-electron chi connectivity index (χ0n) is 7.00. The highest BCUT2D eigenvalue weighted by atomic mass is 19.3. The molecule has 0 N–H and O–H groups in total. The average molecular weight is 206 g/mol. The first kappa shape index (κ1) is 10.4. The van der Waals surface area contributed by atoms with Crippen LogP contribution in [-0.4, -0.2) is 9.91 Å². The first-order valence-electron chi connectivity index (χ1n) is 3.52. The Balaban J connectivity index is 3.45. The van der Waals surface area contributed by atoms with E-state index in [4.69, 9.17) is 0 Å². The summed E-state index contributed by atoms with van der Waals surface area (Å²) >= 11 is 0. The second kappa shape index (κ2) is 3.60. The molecule has 0 spiro atoms. The van der Waals surface area contributed by atoms with Gasteiger partial charge >= 0.3 is 5.69 Å². The van der Waals surface area contributed by atoms with Gasteiger partial charge in [0, 0.05) is 0 Å². The third kappa shape index (κ3) is 1.66. The number of aromatic nitrogens is 1. The van der Waals surface area contributed by atoms with Crippen LogP contribution in [0.5, 0.6) is 0 Å². The fourth-order valence-corrected chi connectivity index (χ4v) is 0.980. The zero-order chi connectivity index (χ0) is 10.9. The van der Waals surface area contributed by atoms with Crippen molar-refractivity contribution < 1.29 is 18.1 Å². The third-order valence-corrected chi connectivity index (χ3v) is 1.66. The Hall–Kier alpha value is -1.66. The number of hydrogen-bond donors (Lipinski definition) is 0. The molecule has 76 valence electrons. The lowest BCUT2D eigenvalue weighted by molar-refractivity contribution is -0.387. The van der Waals surface area contributed by atoms with Crippen LogP contribution in [0.3, 0.4) is 0 Å². The molecule has 0 saturated carbocycles. The standard InChI is InChI=1S/C7H5F3N2O2/c1-3-4(8)2-11-5(7(9)10)6(3)12(13)14/h2,7H,1H3. The van der Waals surface area contributed by atoms with Crippen LogP contribution >= 0.6 is 0 Å². The molecule has 0 amide bonds. The number of nitro groups is 1. The van der Waals surface area contributed by atoms with Gasteiger partial charge in [0.25, 0.3) is 6.43 Å². The van der Waals surface area contributed by atoms with Crippen molar-refractivity contribution in [2.75, 3.05) is 0 Å². The Bertz CT molecular complexity index is 381. The molecule has 4 nitrogen and oxygen atoms in total. The summed E-state index contributed by atoms with van der Waals surface area (Å²) in [6.07, 6.45) is -2.54. The molecule has 0 unspecified atom stereocenters. The maximum atomic E-state index is 12.8. The molecule has 0 aliphatic carbocycles. The summed E-state index contributed by atoms with van der Waals surface area (Å²) in [7, 11) is 0. The SMILES string of the molecule is Cc1c(F)cnc(C(F)F)c1[N+](=O)[O-]. The number of nitrogens with zero attached hydrogens (tertiary/aromatic N) is 2. The van der Waals surface area contributed by atoms with Crippen molar-refractivity contribution in [1.29, 1.82) is 0 Å². The molecular weight excluding hydrogens is 201 g/mol. The van der Waals surface area contributed by atoms with Gasteiger partial charge in [0.2, 0.25) is 0 Å². The van der Waals surface area contributed by atoms with Gasteiger partial charge in [-0.2, -0.15) is 0 Å². The molecule has 0 aliphatic heterocycles. The highest BCUT2D eigenvalue weighted by Gasteiger charge is 2.27. The van der Waals surface area contributed by atoms with E-state index in [0.29, 0.717) is 6.20 Å². The van der Waals surface area contributed by atoms with E-state index in [1.54, 1.807) is 0 Å². The fourth-order valence-electron chi connectivity index (χ4n) is 0.980. The van der Waals surface area contributed by atoms with E-state index in [-0.39, 0.29) is 0 Å². The Morgan fingerprint density at radius 2 is 2.14 bits per heavy atom. The van der Waals surface area contributed by atoms with Crippen molar-refractivity contribution >= 4 is 5.69 Å². The molecule has 0 aliphatic rings. The van der Waals surface area contributed by atoms with Crippen molar-refractivity contribution in [3.05, 3.63) is 33.4 Å².